The molecule has 0 unspecified atom stereocenters. The molecule has 0 saturated heterocycles. The van der Waals surface area contributed by atoms with E-state index in [2.05, 4.69) is 14.3 Å². The highest BCUT2D eigenvalue weighted by Gasteiger charge is 2.18. The number of carbonyl (C=O) groups excluding carboxylic acids is 1. The predicted octanol–water partition coefficient (Wildman–Crippen LogP) is -0.206. The van der Waals surface area contributed by atoms with Crippen molar-refractivity contribution in [3.05, 3.63) is 0 Å². The van der Waals surface area contributed by atoms with Gasteiger partial charge in [-0.2, -0.15) is 0 Å². The number of hydrogen-bond donors (Lipinski definition) is 2. The molecule has 0 atom stereocenters. The van der Waals surface area contributed by atoms with Gasteiger partial charge in [0, 0.05) is 0 Å². The minimum atomic E-state index is -4.76. The molecule has 0 rings (SSSR count). The highest BCUT2D eigenvalue weighted by atomic mass is 31.2. The van der Waals surface area contributed by atoms with Crippen molar-refractivity contribution in [1.29, 1.82) is 0 Å². The Morgan fingerprint density at radius 1 is 1.50 bits per heavy atom. The first-order valence-electron chi connectivity index (χ1n) is 1.95. The fourth-order valence-corrected chi connectivity index (χ4v) is 0.271. The fourth-order valence-electron chi connectivity index (χ4n) is 0.113. The van der Waals surface area contributed by atoms with Crippen molar-refractivity contribution in [2.24, 2.45) is 0 Å². The van der Waals surface area contributed by atoms with Gasteiger partial charge in [0.1, 0.15) is 0 Å². The molecular weight excluding hydrogens is 167 g/mol. The average molecular weight is 172 g/mol. The Balaban J connectivity index is 3.56. The van der Waals surface area contributed by atoms with Crippen LogP contribution in [-0.4, -0.2) is 23.1 Å². The molecule has 0 aromatic rings. The summed E-state index contributed by atoms with van der Waals surface area (Å²) in [6, 6.07) is 0. The number of rotatable bonds is 2. The van der Waals surface area contributed by atoms with Crippen LogP contribution in [0.3, 0.4) is 0 Å². The Kier molecular flexibility index (Phi) is 3.31. The lowest BCUT2D eigenvalue weighted by molar-refractivity contribution is -0.181. The molecule has 0 aliphatic heterocycles. The molecule has 7 nitrogen and oxygen atoms in total. The molecule has 0 aliphatic rings. The summed E-state index contributed by atoms with van der Waals surface area (Å²) < 4.78 is 16.9. The Morgan fingerprint density at radius 2 is 2.00 bits per heavy atom. The van der Waals surface area contributed by atoms with Crippen LogP contribution in [0.1, 0.15) is 0 Å². The maximum atomic E-state index is 9.95. The van der Waals surface area contributed by atoms with Crippen molar-refractivity contribution in [3.8, 4) is 0 Å². The number of methoxy groups -OCH3 is 1. The average Bonchev–Trinajstić information content (AvgIpc) is 1.81. The predicted molar refractivity (Wildman–Crippen MR) is 26.6 cm³/mol. The zero-order valence-corrected chi connectivity index (χ0v) is 5.78. The molecule has 0 aromatic carbocycles. The van der Waals surface area contributed by atoms with Gasteiger partial charge in [0.25, 0.3) is 0 Å². The fraction of sp³-hybridized carbons (Fsp3) is 0.500. The molecule has 0 amide bonds. The van der Waals surface area contributed by atoms with Crippen LogP contribution in [0.5, 0.6) is 0 Å². The lowest BCUT2D eigenvalue weighted by atomic mass is 11.4. The first-order valence-corrected chi connectivity index (χ1v) is 3.48. The Bertz CT molecular complexity index is 157. The standard InChI is InChI=1S/C2H5O7P/c1-7-2(3)8-9-10(4,5)6/h1H3,(H2,4,5,6). The van der Waals surface area contributed by atoms with E-state index in [9.17, 15) is 9.36 Å². The summed E-state index contributed by atoms with van der Waals surface area (Å²) in [7, 11) is -3.79. The number of hydrogen-bond acceptors (Lipinski definition) is 5. The second-order valence-corrected chi connectivity index (χ2v) is 2.23. The second-order valence-electron chi connectivity index (χ2n) is 1.10. The monoisotopic (exact) mass is 172 g/mol. The van der Waals surface area contributed by atoms with Crippen molar-refractivity contribution in [3.63, 3.8) is 0 Å². The van der Waals surface area contributed by atoms with E-state index >= 15 is 0 Å². The first-order chi connectivity index (χ1) is 4.45. The smallest absolute Gasteiger partial charge is 0.436 e. The van der Waals surface area contributed by atoms with Crippen LogP contribution in [-0.2, 0) is 18.9 Å². The normalized spacial score (nSPS) is 10.7. The van der Waals surface area contributed by atoms with Gasteiger partial charge in [-0.25, -0.2) is 14.2 Å². The minimum absolute atomic E-state index is 0.964. The molecule has 0 heterocycles. The van der Waals surface area contributed by atoms with E-state index in [-0.39, 0.29) is 0 Å². The van der Waals surface area contributed by atoms with E-state index in [1.165, 1.54) is 0 Å². The van der Waals surface area contributed by atoms with Crippen LogP contribution >= 0.6 is 7.82 Å². The van der Waals surface area contributed by atoms with E-state index in [0.717, 1.165) is 7.11 Å². The van der Waals surface area contributed by atoms with Gasteiger partial charge in [-0.15, -0.1) is 0 Å². The van der Waals surface area contributed by atoms with Crippen LogP contribution in [0.2, 0.25) is 0 Å². The van der Waals surface area contributed by atoms with Gasteiger partial charge < -0.3 is 14.5 Å². The largest absolute Gasteiger partial charge is 0.540 e. The quantitative estimate of drug-likeness (QED) is 0.257. The van der Waals surface area contributed by atoms with E-state index in [1.807, 2.05) is 0 Å². The molecule has 2 N–H and O–H groups in total. The van der Waals surface area contributed by atoms with Gasteiger partial charge in [-0.3, -0.25) is 0 Å². The minimum Gasteiger partial charge on any atom is -0.436 e. The topological polar surface area (TPSA) is 102 Å². The molecule has 8 heteroatoms. The van der Waals surface area contributed by atoms with E-state index in [0.29, 0.717) is 0 Å². The van der Waals surface area contributed by atoms with E-state index in [1.54, 1.807) is 0 Å². The third kappa shape index (κ3) is 5.52. The van der Waals surface area contributed by atoms with Gasteiger partial charge in [-0.05, 0) is 0 Å². The van der Waals surface area contributed by atoms with Gasteiger partial charge in [-0.1, -0.05) is 4.67 Å². The Labute approximate surface area is 55.7 Å². The zero-order valence-electron chi connectivity index (χ0n) is 4.88. The number of ether oxygens (including phenoxy) is 1. The first kappa shape index (κ1) is 9.38. The van der Waals surface area contributed by atoms with Crippen molar-refractivity contribution in [2.75, 3.05) is 7.11 Å². The third-order valence-corrected chi connectivity index (χ3v) is 0.638. The molecule has 0 fully saturated rings. The SMILES string of the molecule is COC(=O)OOP(=O)(O)O. The number of phosphoric acid groups is 1. The molecule has 10 heavy (non-hydrogen) atoms. The molecule has 0 spiro atoms. The molecule has 0 saturated carbocycles. The van der Waals surface area contributed by atoms with Crippen LogP contribution in [0, 0.1) is 0 Å². The second kappa shape index (κ2) is 3.52. The summed E-state index contributed by atoms with van der Waals surface area (Å²) in [5.41, 5.74) is 0. The van der Waals surface area contributed by atoms with Crippen LogP contribution < -0.4 is 0 Å². The van der Waals surface area contributed by atoms with Gasteiger partial charge in [0.2, 0.25) is 0 Å². The highest BCUT2D eigenvalue weighted by Crippen LogP contribution is 2.35. The molecular formula is C2H5O7P. The summed E-state index contributed by atoms with van der Waals surface area (Å²) in [5, 5.41) is 0. The molecule has 0 aromatic heterocycles. The number of carbonyl (C=O) groups is 1. The zero-order chi connectivity index (χ0) is 8.20. The van der Waals surface area contributed by atoms with Crippen molar-refractivity contribution < 1.29 is 33.4 Å². The van der Waals surface area contributed by atoms with Crippen LogP contribution in [0.15, 0.2) is 0 Å². The maximum absolute atomic E-state index is 9.95. The van der Waals surface area contributed by atoms with E-state index in [4.69, 9.17) is 9.79 Å². The molecule has 0 radical (unpaired) electrons. The highest BCUT2D eigenvalue weighted by molar-refractivity contribution is 7.46. The summed E-state index contributed by atoms with van der Waals surface area (Å²) in [4.78, 5) is 29.2. The Hall–Kier alpha value is -0.620. The van der Waals surface area contributed by atoms with Crippen molar-refractivity contribution in [2.45, 2.75) is 0 Å². The van der Waals surface area contributed by atoms with Crippen LogP contribution in [0.25, 0.3) is 0 Å². The van der Waals surface area contributed by atoms with Gasteiger partial charge >= 0.3 is 14.0 Å². The van der Waals surface area contributed by atoms with Crippen molar-refractivity contribution >= 4 is 14.0 Å². The molecule has 0 bridgehead atoms. The van der Waals surface area contributed by atoms with Crippen molar-refractivity contribution in [1.82, 2.24) is 0 Å². The third-order valence-electron chi connectivity index (χ3n) is 0.369. The molecule has 60 valence electrons. The molecule has 0 aliphatic carbocycles. The van der Waals surface area contributed by atoms with Crippen LogP contribution in [0.4, 0.5) is 4.79 Å². The summed E-state index contributed by atoms with van der Waals surface area (Å²) >= 11 is 0. The lowest BCUT2D eigenvalue weighted by Gasteiger charge is -2.00. The van der Waals surface area contributed by atoms with E-state index < -0.39 is 14.0 Å². The summed E-state index contributed by atoms with van der Waals surface area (Å²) in [6.45, 7) is 0. The summed E-state index contributed by atoms with van der Waals surface area (Å²) in [5.74, 6) is 0. The van der Waals surface area contributed by atoms with Gasteiger partial charge in [0.15, 0.2) is 0 Å². The summed E-state index contributed by atoms with van der Waals surface area (Å²) in [6.07, 6.45) is -1.33. The lowest BCUT2D eigenvalue weighted by Crippen LogP contribution is -2.03. The maximum Gasteiger partial charge on any atom is 0.540 e. The Morgan fingerprint density at radius 3 is 2.30 bits per heavy atom. The van der Waals surface area contributed by atoms with Gasteiger partial charge in [0.05, 0.1) is 7.11 Å².